The van der Waals surface area contributed by atoms with E-state index in [2.05, 4.69) is 13.0 Å². The van der Waals surface area contributed by atoms with E-state index in [0.29, 0.717) is 12.2 Å². The van der Waals surface area contributed by atoms with Crippen LogP contribution in [0.5, 0.6) is 0 Å². The van der Waals surface area contributed by atoms with Gasteiger partial charge in [-0.3, -0.25) is 0 Å². The average molecular weight is 350 g/mol. The molecule has 0 aliphatic carbocycles. The van der Waals surface area contributed by atoms with Crippen LogP contribution in [-0.4, -0.2) is 6.54 Å². The number of nitrogens with zero attached hydrogens (tertiary/aromatic N) is 1. The van der Waals surface area contributed by atoms with Crippen molar-refractivity contribution in [3.8, 4) is 0 Å². The Balaban J connectivity index is 0.00000264. The van der Waals surface area contributed by atoms with E-state index in [0.717, 1.165) is 30.5 Å². The number of hydrogen-bond acceptors (Lipinski definition) is 1. The number of hydrogen-bond donors (Lipinski definition) is 0. The Labute approximate surface area is 152 Å². The maximum atomic E-state index is 14.1. The molecule has 0 saturated carbocycles. The molecule has 0 spiro atoms. The van der Waals surface area contributed by atoms with Gasteiger partial charge < -0.3 is 4.90 Å². The van der Waals surface area contributed by atoms with Gasteiger partial charge in [0.2, 0.25) is 0 Å². The van der Waals surface area contributed by atoms with Crippen molar-refractivity contribution in [2.75, 3.05) is 11.4 Å². The smallest absolute Gasteiger partial charge is 0.157 e. The Hall–Kier alpha value is -1.19. The number of anilines is 2. The molecule has 0 unspecified atom stereocenters. The molecule has 121 valence electrons. The predicted molar refractivity (Wildman–Crippen MR) is 87.5 cm³/mol. The van der Waals surface area contributed by atoms with Crippen LogP contribution in [0.25, 0.3) is 0 Å². The molecule has 0 bridgehead atoms. The van der Waals surface area contributed by atoms with Crippen LogP contribution >= 0.6 is 0 Å². The molecule has 2 aromatic carbocycles. The molecule has 23 heavy (non-hydrogen) atoms. The normalized spacial score (nSPS) is 10.3. The van der Waals surface area contributed by atoms with Gasteiger partial charge in [0.1, 0.15) is 5.82 Å². The van der Waals surface area contributed by atoms with Gasteiger partial charge in [0.25, 0.3) is 0 Å². The summed E-state index contributed by atoms with van der Waals surface area (Å²) >= 11 is 0. The molecule has 0 atom stereocenters. The van der Waals surface area contributed by atoms with Crippen LogP contribution < -0.4 is 4.90 Å². The van der Waals surface area contributed by atoms with Crippen LogP contribution in [0.15, 0.2) is 36.4 Å². The monoisotopic (exact) mass is 350 g/mol. The maximum absolute atomic E-state index is 14.1. The summed E-state index contributed by atoms with van der Waals surface area (Å²) in [5, 5.41) is 0. The third-order valence-corrected chi connectivity index (χ3v) is 3.71. The van der Waals surface area contributed by atoms with Crippen LogP contribution in [0, 0.1) is 24.6 Å². The molecule has 4 heteroatoms. The number of unbranched alkanes of at least 4 members (excludes halogenated alkanes) is 3. The minimum atomic E-state index is -0.670. The van der Waals surface area contributed by atoms with E-state index in [-0.39, 0.29) is 21.7 Å². The van der Waals surface area contributed by atoms with Crippen molar-refractivity contribution in [1.82, 2.24) is 0 Å². The summed E-state index contributed by atoms with van der Waals surface area (Å²) in [6, 6.07) is 12.8. The van der Waals surface area contributed by atoms with Gasteiger partial charge in [0.05, 0.1) is 11.8 Å². The molecule has 0 amide bonds. The second-order valence-corrected chi connectivity index (χ2v) is 5.55. The number of benzene rings is 2. The largest absolute Gasteiger partial charge is 0.339 e. The SMILES string of the molecule is CCCCCCN(c1ccc(C)cc1)c1ccc(F)[c]c1F.[Ti]. The maximum Gasteiger partial charge on any atom is 0.157 e. The van der Waals surface area contributed by atoms with Crippen molar-refractivity contribution >= 4 is 11.4 Å². The molecule has 0 saturated heterocycles. The van der Waals surface area contributed by atoms with Gasteiger partial charge in [-0.1, -0.05) is 43.9 Å². The van der Waals surface area contributed by atoms with E-state index < -0.39 is 11.6 Å². The zero-order valence-electron chi connectivity index (χ0n) is 13.7. The van der Waals surface area contributed by atoms with Gasteiger partial charge in [-0.05, 0) is 37.6 Å². The summed E-state index contributed by atoms with van der Waals surface area (Å²) < 4.78 is 27.2. The summed E-state index contributed by atoms with van der Waals surface area (Å²) in [5.41, 5.74) is 2.45. The van der Waals surface area contributed by atoms with Crippen LogP contribution in [-0.2, 0) is 21.7 Å². The minimum Gasteiger partial charge on any atom is -0.339 e. The summed E-state index contributed by atoms with van der Waals surface area (Å²) in [6.45, 7) is 4.88. The van der Waals surface area contributed by atoms with Gasteiger partial charge in [0.15, 0.2) is 5.82 Å². The van der Waals surface area contributed by atoms with Crippen molar-refractivity contribution in [3.05, 3.63) is 59.7 Å². The van der Waals surface area contributed by atoms with Crippen molar-refractivity contribution in [2.24, 2.45) is 0 Å². The molecule has 1 radical (unpaired) electrons. The molecular weight excluding hydrogens is 328 g/mol. The fourth-order valence-corrected chi connectivity index (χ4v) is 2.45. The van der Waals surface area contributed by atoms with Crippen LogP contribution in [0.2, 0.25) is 0 Å². The summed E-state index contributed by atoms with van der Waals surface area (Å²) in [7, 11) is 0. The first kappa shape index (κ1) is 19.9. The summed E-state index contributed by atoms with van der Waals surface area (Å²) in [4.78, 5) is 1.90. The van der Waals surface area contributed by atoms with Crippen molar-refractivity contribution in [2.45, 2.75) is 39.5 Å². The Bertz CT molecular complexity index is 599. The number of halogens is 2. The Kier molecular flexibility index (Phi) is 8.50. The molecule has 0 aliphatic heterocycles. The zero-order valence-corrected chi connectivity index (χ0v) is 15.3. The molecule has 0 fully saturated rings. The van der Waals surface area contributed by atoms with E-state index in [1.807, 2.05) is 36.1 Å². The summed E-state index contributed by atoms with van der Waals surface area (Å²) in [5.74, 6) is -1.31. The zero-order chi connectivity index (χ0) is 15.9. The predicted octanol–water partition coefficient (Wildman–Crippen LogP) is 5.79. The average Bonchev–Trinajstić information content (AvgIpc) is 2.50. The number of rotatable bonds is 7. The van der Waals surface area contributed by atoms with E-state index in [1.54, 1.807) is 0 Å². The molecule has 0 aliphatic rings. The molecule has 2 rings (SSSR count). The molecule has 0 N–H and O–H groups in total. The van der Waals surface area contributed by atoms with Gasteiger partial charge in [0, 0.05) is 33.9 Å². The van der Waals surface area contributed by atoms with Crippen molar-refractivity contribution < 1.29 is 30.5 Å². The first-order valence-corrected chi connectivity index (χ1v) is 7.83. The van der Waals surface area contributed by atoms with Gasteiger partial charge in [-0.25, -0.2) is 8.78 Å². The Morgan fingerprint density at radius 2 is 1.65 bits per heavy atom. The van der Waals surface area contributed by atoms with Crippen LogP contribution in [0.4, 0.5) is 20.2 Å². The minimum absolute atomic E-state index is 0. The number of aryl methyl sites for hydroxylation is 1. The first-order chi connectivity index (χ1) is 10.6. The van der Waals surface area contributed by atoms with Gasteiger partial charge >= 0.3 is 0 Å². The van der Waals surface area contributed by atoms with E-state index in [1.165, 1.54) is 18.6 Å². The van der Waals surface area contributed by atoms with Crippen molar-refractivity contribution in [3.63, 3.8) is 0 Å². The van der Waals surface area contributed by atoms with Gasteiger partial charge in [-0.15, -0.1) is 0 Å². The third-order valence-electron chi connectivity index (χ3n) is 3.71. The molecule has 1 nitrogen and oxygen atoms in total. The van der Waals surface area contributed by atoms with Crippen molar-refractivity contribution in [1.29, 1.82) is 0 Å². The first-order valence-electron chi connectivity index (χ1n) is 7.83. The second-order valence-electron chi connectivity index (χ2n) is 5.55. The van der Waals surface area contributed by atoms with Crippen LogP contribution in [0.3, 0.4) is 0 Å². The van der Waals surface area contributed by atoms with Gasteiger partial charge in [-0.2, -0.15) is 0 Å². The van der Waals surface area contributed by atoms with Crippen LogP contribution in [0.1, 0.15) is 38.2 Å². The topological polar surface area (TPSA) is 3.24 Å². The van der Waals surface area contributed by atoms with E-state index in [4.69, 9.17) is 0 Å². The summed E-state index contributed by atoms with van der Waals surface area (Å²) in [6.07, 6.45) is 4.40. The fourth-order valence-electron chi connectivity index (χ4n) is 2.45. The Morgan fingerprint density at radius 1 is 0.957 bits per heavy atom. The molecule has 2 aromatic rings. The fraction of sp³-hybridized carbons (Fsp3) is 0.368. The second kappa shape index (κ2) is 9.84. The van der Waals surface area contributed by atoms with E-state index >= 15 is 0 Å². The molecular formula is C19H22F2NTi. The quantitative estimate of drug-likeness (QED) is 0.451. The molecule has 0 aromatic heterocycles. The molecule has 0 heterocycles. The Morgan fingerprint density at radius 3 is 2.26 bits per heavy atom. The standard InChI is InChI=1S/C19H22F2N.Ti/c1-3-4-5-6-13-22(17-10-7-15(2)8-11-17)19-12-9-16(20)14-18(19)21;/h7-12H,3-6,13H2,1-2H3;. The third kappa shape index (κ3) is 5.74. The van der Waals surface area contributed by atoms with E-state index in [9.17, 15) is 8.78 Å².